The quantitative estimate of drug-likeness (QED) is 0.344. The summed E-state index contributed by atoms with van der Waals surface area (Å²) in [6, 6.07) is -0.0767. The van der Waals surface area contributed by atoms with Crippen LogP contribution < -0.4 is 5.32 Å². The highest BCUT2D eigenvalue weighted by molar-refractivity contribution is 7.80. The van der Waals surface area contributed by atoms with Gasteiger partial charge in [-0.2, -0.15) is 0 Å². The Morgan fingerprint density at radius 3 is 3.10 bits per heavy atom. The lowest BCUT2D eigenvalue weighted by Crippen LogP contribution is -2.32. The summed E-state index contributed by atoms with van der Waals surface area (Å²) in [7, 11) is 0. The van der Waals surface area contributed by atoms with Gasteiger partial charge in [-0.1, -0.05) is 0 Å². The van der Waals surface area contributed by atoms with E-state index in [-0.39, 0.29) is 18.0 Å². The molecule has 0 amide bonds. The molecule has 1 rings (SSSR count). The maximum Gasteiger partial charge on any atom is 0.323 e. The summed E-state index contributed by atoms with van der Waals surface area (Å²) in [6.07, 6.45) is 1.96. The predicted octanol–water partition coefficient (Wildman–Crippen LogP) is 0.169. The zero-order valence-corrected chi connectivity index (χ0v) is 6.56. The summed E-state index contributed by atoms with van der Waals surface area (Å²) in [5, 5.41) is 3.03. The number of hydrogen-bond acceptors (Lipinski definition) is 4. The lowest BCUT2D eigenvalue weighted by molar-refractivity contribution is -0.143. The van der Waals surface area contributed by atoms with E-state index in [1.807, 2.05) is 0 Å². The molecule has 1 saturated heterocycles. The first-order chi connectivity index (χ1) is 4.84. The monoisotopic (exact) mass is 161 g/mol. The van der Waals surface area contributed by atoms with Crippen molar-refractivity contribution in [1.82, 2.24) is 5.32 Å². The van der Waals surface area contributed by atoms with Gasteiger partial charge in [0.15, 0.2) is 0 Å². The maximum atomic E-state index is 10.9. The van der Waals surface area contributed by atoms with E-state index < -0.39 is 0 Å². The number of thiol groups is 1. The van der Waals surface area contributed by atoms with Crippen LogP contribution >= 0.6 is 12.6 Å². The number of ether oxygens (including phenoxy) is 1. The van der Waals surface area contributed by atoms with E-state index in [2.05, 4.69) is 22.7 Å². The summed E-state index contributed by atoms with van der Waals surface area (Å²) in [6.45, 7) is 0.923. The van der Waals surface area contributed by atoms with Crippen LogP contribution in [-0.2, 0) is 9.53 Å². The molecule has 0 aromatic carbocycles. The molecule has 0 spiro atoms. The highest BCUT2D eigenvalue weighted by Gasteiger charge is 2.22. The highest BCUT2D eigenvalue weighted by Crippen LogP contribution is 2.06. The first-order valence-corrected chi connectivity index (χ1v) is 3.98. The van der Waals surface area contributed by atoms with Crippen LogP contribution in [0.15, 0.2) is 0 Å². The molecule has 58 valence electrons. The second-order valence-corrected chi connectivity index (χ2v) is 2.50. The van der Waals surface area contributed by atoms with Crippen molar-refractivity contribution in [2.75, 3.05) is 12.5 Å². The van der Waals surface area contributed by atoms with Crippen molar-refractivity contribution in [1.29, 1.82) is 0 Å². The Kier molecular flexibility index (Phi) is 3.02. The van der Waals surface area contributed by atoms with Crippen molar-refractivity contribution in [2.24, 2.45) is 0 Å². The molecule has 1 heterocycles. The molecule has 0 aromatic rings. The Labute approximate surface area is 65.5 Å². The van der Waals surface area contributed by atoms with Crippen LogP contribution in [-0.4, -0.2) is 24.5 Å². The molecule has 0 aliphatic carbocycles. The van der Waals surface area contributed by atoms with Gasteiger partial charge in [-0.15, -0.1) is 12.6 Å². The molecule has 0 aromatic heterocycles. The first kappa shape index (κ1) is 7.88. The zero-order valence-electron chi connectivity index (χ0n) is 5.67. The number of carbonyl (C=O) groups is 1. The molecular formula is C6H11NO2S. The predicted molar refractivity (Wildman–Crippen MR) is 41.0 cm³/mol. The van der Waals surface area contributed by atoms with Gasteiger partial charge < -0.3 is 10.1 Å². The highest BCUT2D eigenvalue weighted by atomic mass is 32.1. The van der Waals surface area contributed by atoms with Gasteiger partial charge >= 0.3 is 5.97 Å². The number of esters is 1. The molecule has 0 saturated carbocycles. The van der Waals surface area contributed by atoms with E-state index in [0.29, 0.717) is 0 Å². The lowest BCUT2D eigenvalue weighted by atomic mass is 10.2. The number of nitrogens with one attached hydrogen (secondary N) is 1. The van der Waals surface area contributed by atoms with Crippen molar-refractivity contribution in [3.05, 3.63) is 0 Å². The molecule has 4 heteroatoms. The molecule has 0 unspecified atom stereocenters. The van der Waals surface area contributed by atoms with Gasteiger partial charge in [0, 0.05) is 0 Å². The van der Waals surface area contributed by atoms with Crippen LogP contribution in [0.4, 0.5) is 0 Å². The van der Waals surface area contributed by atoms with Crippen molar-refractivity contribution >= 4 is 18.6 Å². The molecule has 0 bridgehead atoms. The van der Waals surface area contributed by atoms with E-state index in [4.69, 9.17) is 0 Å². The van der Waals surface area contributed by atoms with Crippen LogP contribution in [0.5, 0.6) is 0 Å². The Morgan fingerprint density at radius 1 is 1.80 bits per heavy atom. The molecule has 1 fully saturated rings. The van der Waals surface area contributed by atoms with E-state index >= 15 is 0 Å². The van der Waals surface area contributed by atoms with Gasteiger partial charge in [-0.3, -0.25) is 4.79 Å². The molecular weight excluding hydrogens is 150 g/mol. The Hall–Kier alpha value is -0.220. The molecule has 10 heavy (non-hydrogen) atoms. The Balaban J connectivity index is 2.25. The molecule has 1 N–H and O–H groups in total. The van der Waals surface area contributed by atoms with Crippen molar-refractivity contribution < 1.29 is 9.53 Å². The maximum absolute atomic E-state index is 10.9. The fraction of sp³-hybridized carbons (Fsp3) is 0.833. The summed E-state index contributed by atoms with van der Waals surface area (Å²) >= 11 is 3.78. The number of carbonyl (C=O) groups excluding carboxylic acids is 1. The summed E-state index contributed by atoms with van der Waals surface area (Å²) in [4.78, 5) is 10.9. The van der Waals surface area contributed by atoms with Gasteiger partial charge in [-0.25, -0.2) is 0 Å². The van der Waals surface area contributed by atoms with Crippen LogP contribution in [0.2, 0.25) is 0 Å². The average molecular weight is 161 g/mol. The normalized spacial score (nSPS) is 24.7. The molecule has 3 nitrogen and oxygen atoms in total. The van der Waals surface area contributed by atoms with E-state index in [1.54, 1.807) is 0 Å². The topological polar surface area (TPSA) is 38.3 Å². The standard InChI is InChI=1S/C6H11NO2S/c8-6(9-4-10)5-2-1-3-7-5/h5,7,10H,1-4H2/t5-/m0/s1. The van der Waals surface area contributed by atoms with Gasteiger partial charge in [0.25, 0.3) is 0 Å². The summed E-state index contributed by atoms with van der Waals surface area (Å²) in [5.41, 5.74) is 0. The minimum absolute atomic E-state index is 0.0767. The van der Waals surface area contributed by atoms with Gasteiger partial charge in [0.2, 0.25) is 0 Å². The molecule has 1 aliphatic heterocycles. The summed E-state index contributed by atoms with van der Waals surface area (Å²) in [5.74, 6) is 0.00398. The Bertz CT molecular complexity index is 123. The molecule has 1 atom stereocenters. The van der Waals surface area contributed by atoms with Gasteiger partial charge in [0.05, 0.1) is 0 Å². The van der Waals surface area contributed by atoms with Crippen molar-refractivity contribution in [3.63, 3.8) is 0 Å². The van der Waals surface area contributed by atoms with Crippen LogP contribution in [0.1, 0.15) is 12.8 Å². The first-order valence-electron chi connectivity index (χ1n) is 3.35. The zero-order chi connectivity index (χ0) is 7.40. The minimum Gasteiger partial charge on any atom is -0.454 e. The molecule has 1 aliphatic rings. The van der Waals surface area contributed by atoms with Gasteiger partial charge in [0.1, 0.15) is 12.0 Å². The third kappa shape index (κ3) is 1.88. The van der Waals surface area contributed by atoms with Crippen molar-refractivity contribution in [3.8, 4) is 0 Å². The van der Waals surface area contributed by atoms with Crippen LogP contribution in [0.3, 0.4) is 0 Å². The van der Waals surface area contributed by atoms with E-state index in [9.17, 15) is 4.79 Å². The van der Waals surface area contributed by atoms with Crippen LogP contribution in [0, 0.1) is 0 Å². The fourth-order valence-corrected chi connectivity index (χ4v) is 1.18. The average Bonchev–Trinajstić information content (AvgIpc) is 2.38. The molecule has 0 radical (unpaired) electrons. The SMILES string of the molecule is O=C(OCS)[C@@H]1CCCN1. The van der Waals surface area contributed by atoms with Gasteiger partial charge in [-0.05, 0) is 19.4 Å². The third-order valence-electron chi connectivity index (χ3n) is 1.55. The van der Waals surface area contributed by atoms with Crippen LogP contribution in [0.25, 0.3) is 0 Å². The second-order valence-electron chi connectivity index (χ2n) is 2.24. The lowest BCUT2D eigenvalue weighted by Gasteiger charge is -2.06. The largest absolute Gasteiger partial charge is 0.454 e. The van der Waals surface area contributed by atoms with Crippen molar-refractivity contribution in [2.45, 2.75) is 18.9 Å². The fourth-order valence-electron chi connectivity index (χ4n) is 1.05. The summed E-state index contributed by atoms with van der Waals surface area (Å²) < 4.78 is 4.69. The number of hydrogen-bond donors (Lipinski definition) is 2. The number of rotatable bonds is 2. The smallest absolute Gasteiger partial charge is 0.323 e. The third-order valence-corrected chi connectivity index (χ3v) is 1.68. The second kappa shape index (κ2) is 3.83. The minimum atomic E-state index is -0.174. The van der Waals surface area contributed by atoms with E-state index in [1.165, 1.54) is 0 Å². The van der Waals surface area contributed by atoms with E-state index in [0.717, 1.165) is 19.4 Å². The Morgan fingerprint density at radius 2 is 2.60 bits per heavy atom.